The Hall–Kier alpha value is -2.47. The molecule has 1 aromatic carbocycles. The fourth-order valence-electron chi connectivity index (χ4n) is 3.29. The molecule has 0 aliphatic carbocycles. The lowest BCUT2D eigenvalue weighted by molar-refractivity contribution is -0.122. The summed E-state index contributed by atoms with van der Waals surface area (Å²) in [5.41, 5.74) is 8.48. The lowest BCUT2D eigenvalue weighted by Crippen LogP contribution is -2.38. The zero-order chi connectivity index (χ0) is 18.7. The van der Waals surface area contributed by atoms with Gasteiger partial charge in [-0.2, -0.15) is 0 Å². The highest BCUT2D eigenvalue weighted by Gasteiger charge is 2.26. The molecule has 1 heterocycles. The predicted octanol–water partition coefficient (Wildman–Crippen LogP) is 2.61. The Kier molecular flexibility index (Phi) is 5.74. The standard InChI is InChI=1S/C19H24FN3O2/c1-5-23-12(2)9-16(13(23)3)17(24)11-22(4)18(19(21)25)14-7-6-8-15(20)10-14/h6-10,18H,5,11H2,1-4H3,(H2,21,25)/t18-/m1/s1. The molecule has 6 heteroatoms. The van der Waals surface area contributed by atoms with Gasteiger partial charge in [0.25, 0.3) is 0 Å². The molecule has 5 nitrogen and oxygen atoms in total. The second-order valence-electron chi connectivity index (χ2n) is 6.23. The van der Waals surface area contributed by atoms with Gasteiger partial charge in [0.1, 0.15) is 11.9 Å². The van der Waals surface area contributed by atoms with Gasteiger partial charge in [-0.3, -0.25) is 14.5 Å². The molecule has 134 valence electrons. The van der Waals surface area contributed by atoms with E-state index in [0.717, 1.165) is 17.9 Å². The summed E-state index contributed by atoms with van der Waals surface area (Å²) in [6.45, 7) is 6.68. The smallest absolute Gasteiger partial charge is 0.239 e. The third kappa shape index (κ3) is 3.96. The van der Waals surface area contributed by atoms with Crippen LogP contribution in [0.1, 0.15) is 40.3 Å². The summed E-state index contributed by atoms with van der Waals surface area (Å²) >= 11 is 0. The van der Waals surface area contributed by atoms with E-state index in [0.29, 0.717) is 11.1 Å². The van der Waals surface area contributed by atoms with Gasteiger partial charge < -0.3 is 10.3 Å². The summed E-state index contributed by atoms with van der Waals surface area (Å²) in [6.07, 6.45) is 0. The third-order valence-electron chi connectivity index (χ3n) is 4.46. The Morgan fingerprint density at radius 2 is 1.96 bits per heavy atom. The van der Waals surface area contributed by atoms with Crippen LogP contribution in [0.4, 0.5) is 4.39 Å². The van der Waals surface area contributed by atoms with Gasteiger partial charge >= 0.3 is 0 Å². The van der Waals surface area contributed by atoms with Gasteiger partial charge in [0.15, 0.2) is 5.78 Å². The van der Waals surface area contributed by atoms with E-state index < -0.39 is 17.8 Å². The van der Waals surface area contributed by atoms with Gasteiger partial charge in [-0.05, 0) is 51.6 Å². The summed E-state index contributed by atoms with van der Waals surface area (Å²) < 4.78 is 15.5. The van der Waals surface area contributed by atoms with Gasteiger partial charge in [0.2, 0.25) is 5.91 Å². The number of ketones is 1. The monoisotopic (exact) mass is 345 g/mol. The Labute approximate surface area is 147 Å². The zero-order valence-corrected chi connectivity index (χ0v) is 15.0. The number of hydrogen-bond acceptors (Lipinski definition) is 3. The lowest BCUT2D eigenvalue weighted by atomic mass is 10.0. The molecular weight excluding hydrogens is 321 g/mol. The highest BCUT2D eigenvalue weighted by atomic mass is 19.1. The Morgan fingerprint density at radius 3 is 2.48 bits per heavy atom. The van der Waals surface area contributed by atoms with Crippen molar-refractivity contribution in [1.29, 1.82) is 0 Å². The van der Waals surface area contributed by atoms with Crippen molar-refractivity contribution in [3.8, 4) is 0 Å². The maximum atomic E-state index is 13.5. The summed E-state index contributed by atoms with van der Waals surface area (Å²) in [5, 5.41) is 0. The van der Waals surface area contributed by atoms with E-state index in [9.17, 15) is 14.0 Å². The van der Waals surface area contributed by atoms with Gasteiger partial charge in [-0.15, -0.1) is 0 Å². The zero-order valence-electron chi connectivity index (χ0n) is 15.0. The molecule has 0 unspecified atom stereocenters. The van der Waals surface area contributed by atoms with Crippen LogP contribution < -0.4 is 5.73 Å². The number of likely N-dealkylation sites (N-methyl/N-ethyl adjacent to an activating group) is 1. The SMILES string of the molecule is CCn1c(C)cc(C(=O)CN(C)[C@@H](C(N)=O)c2cccc(F)c2)c1C. The number of aromatic nitrogens is 1. The van der Waals surface area contributed by atoms with Crippen molar-refractivity contribution in [1.82, 2.24) is 9.47 Å². The average molecular weight is 345 g/mol. The first-order chi connectivity index (χ1) is 11.8. The van der Waals surface area contributed by atoms with E-state index in [1.807, 2.05) is 26.8 Å². The predicted molar refractivity (Wildman–Crippen MR) is 94.9 cm³/mol. The first-order valence-corrected chi connectivity index (χ1v) is 8.21. The molecule has 0 bridgehead atoms. The van der Waals surface area contributed by atoms with Crippen molar-refractivity contribution in [2.45, 2.75) is 33.4 Å². The highest BCUT2D eigenvalue weighted by Crippen LogP contribution is 2.22. The number of carbonyl (C=O) groups excluding carboxylic acids is 2. The minimum atomic E-state index is -0.866. The Bertz CT molecular complexity index is 798. The number of Topliss-reactive ketones (excluding diaryl/α,β-unsaturated/α-hetero) is 1. The minimum absolute atomic E-state index is 0.0120. The molecule has 0 spiro atoms. The molecule has 25 heavy (non-hydrogen) atoms. The van der Waals surface area contributed by atoms with E-state index in [4.69, 9.17) is 5.73 Å². The van der Waals surface area contributed by atoms with Crippen molar-refractivity contribution in [2.24, 2.45) is 5.73 Å². The number of nitrogens with zero attached hydrogens (tertiary/aromatic N) is 2. The molecule has 2 rings (SSSR count). The first kappa shape index (κ1) is 18.9. The normalized spacial score (nSPS) is 12.4. The van der Waals surface area contributed by atoms with Crippen molar-refractivity contribution >= 4 is 11.7 Å². The highest BCUT2D eigenvalue weighted by molar-refractivity contribution is 5.99. The average Bonchev–Trinajstić information content (AvgIpc) is 2.81. The third-order valence-corrected chi connectivity index (χ3v) is 4.46. The first-order valence-electron chi connectivity index (χ1n) is 8.21. The maximum absolute atomic E-state index is 13.5. The molecular formula is C19H24FN3O2. The molecule has 0 saturated heterocycles. The summed E-state index contributed by atoms with van der Waals surface area (Å²) in [4.78, 5) is 26.1. The number of rotatable bonds is 7. The summed E-state index contributed by atoms with van der Waals surface area (Å²) in [7, 11) is 1.64. The second kappa shape index (κ2) is 7.61. The van der Waals surface area contributed by atoms with Crippen molar-refractivity contribution in [3.05, 3.63) is 58.7 Å². The molecule has 0 fully saturated rings. The molecule has 2 aromatic rings. The van der Waals surface area contributed by atoms with E-state index in [1.165, 1.54) is 18.2 Å². The van der Waals surface area contributed by atoms with Crippen molar-refractivity contribution in [2.75, 3.05) is 13.6 Å². The second-order valence-corrected chi connectivity index (χ2v) is 6.23. The van der Waals surface area contributed by atoms with Crippen LogP contribution >= 0.6 is 0 Å². The van der Waals surface area contributed by atoms with E-state index >= 15 is 0 Å². The summed E-state index contributed by atoms with van der Waals surface area (Å²) in [6, 6.07) is 6.70. The molecule has 0 saturated carbocycles. The Morgan fingerprint density at radius 1 is 1.28 bits per heavy atom. The number of nitrogens with two attached hydrogens (primary N) is 1. The van der Waals surface area contributed by atoms with Crippen LogP contribution in [0.15, 0.2) is 30.3 Å². The van der Waals surface area contributed by atoms with Crippen molar-refractivity contribution < 1.29 is 14.0 Å². The number of aryl methyl sites for hydroxylation is 1. The molecule has 0 radical (unpaired) electrons. The number of amides is 1. The lowest BCUT2D eigenvalue weighted by Gasteiger charge is -2.25. The van der Waals surface area contributed by atoms with Crippen molar-refractivity contribution in [3.63, 3.8) is 0 Å². The maximum Gasteiger partial charge on any atom is 0.239 e. The summed E-state index contributed by atoms with van der Waals surface area (Å²) in [5.74, 6) is -1.17. The van der Waals surface area contributed by atoms with Crippen LogP contribution in [0.25, 0.3) is 0 Å². The number of benzene rings is 1. The van der Waals surface area contributed by atoms with Gasteiger partial charge in [-0.25, -0.2) is 4.39 Å². The van der Waals surface area contributed by atoms with E-state index in [1.54, 1.807) is 18.0 Å². The number of halogens is 1. The van der Waals surface area contributed by atoms with Gasteiger partial charge in [-0.1, -0.05) is 12.1 Å². The van der Waals surface area contributed by atoms with Crippen LogP contribution in [-0.2, 0) is 11.3 Å². The van der Waals surface area contributed by atoms with E-state index in [2.05, 4.69) is 4.57 Å². The van der Waals surface area contributed by atoms with Gasteiger partial charge in [0.05, 0.1) is 6.54 Å². The minimum Gasteiger partial charge on any atom is -0.368 e. The topological polar surface area (TPSA) is 68.3 Å². The van der Waals surface area contributed by atoms with E-state index in [-0.39, 0.29) is 12.3 Å². The number of hydrogen-bond donors (Lipinski definition) is 1. The van der Waals surface area contributed by atoms with Crippen LogP contribution in [0, 0.1) is 19.7 Å². The van der Waals surface area contributed by atoms with Crippen LogP contribution in [-0.4, -0.2) is 34.7 Å². The fraction of sp³-hybridized carbons (Fsp3) is 0.368. The van der Waals surface area contributed by atoms with Crippen LogP contribution in [0.5, 0.6) is 0 Å². The van der Waals surface area contributed by atoms with Crippen LogP contribution in [0.3, 0.4) is 0 Å². The Balaban J connectivity index is 2.25. The molecule has 1 atom stereocenters. The number of carbonyl (C=O) groups is 2. The van der Waals surface area contributed by atoms with Gasteiger partial charge in [0, 0.05) is 23.5 Å². The molecule has 0 aliphatic heterocycles. The quantitative estimate of drug-likeness (QED) is 0.784. The van der Waals surface area contributed by atoms with Crippen LogP contribution in [0.2, 0.25) is 0 Å². The molecule has 0 aliphatic rings. The fourth-order valence-corrected chi connectivity index (χ4v) is 3.29. The molecule has 1 aromatic heterocycles. The molecule has 2 N–H and O–H groups in total. The molecule has 1 amide bonds. The number of primary amides is 1. The largest absolute Gasteiger partial charge is 0.368 e.